The first-order valence-electron chi connectivity index (χ1n) is 5.54. The largest absolute Gasteiger partial charge is 0.467 e. The summed E-state index contributed by atoms with van der Waals surface area (Å²) in [6.07, 6.45) is 1.82. The van der Waals surface area contributed by atoms with E-state index in [9.17, 15) is 4.79 Å². The molecule has 0 fully saturated rings. The van der Waals surface area contributed by atoms with E-state index in [4.69, 9.17) is 17.0 Å². The van der Waals surface area contributed by atoms with Crippen LogP contribution in [0.1, 0.15) is 17.3 Å². The van der Waals surface area contributed by atoms with Crippen molar-refractivity contribution in [1.82, 2.24) is 9.55 Å². The molecule has 94 valence electrons. The monoisotopic (exact) mass is 262 g/mol. The highest BCUT2D eigenvalue weighted by Crippen LogP contribution is 2.20. The Morgan fingerprint density at radius 2 is 2.06 bits per heavy atom. The lowest BCUT2D eigenvalue weighted by Crippen LogP contribution is -2.21. The topological polar surface area (TPSA) is 47.0 Å². The second-order valence-electron chi connectivity index (χ2n) is 3.99. The first kappa shape index (κ1) is 12.6. The van der Waals surface area contributed by atoms with Gasteiger partial charge in [0.25, 0.3) is 0 Å². The molecule has 18 heavy (non-hydrogen) atoms. The van der Waals surface area contributed by atoms with E-state index in [-0.39, 0.29) is 5.97 Å². The number of H-pyrrole nitrogens is 1. The van der Waals surface area contributed by atoms with Gasteiger partial charge in [-0.1, -0.05) is 30.3 Å². The van der Waals surface area contributed by atoms with Gasteiger partial charge in [-0.2, -0.15) is 0 Å². The van der Waals surface area contributed by atoms with Gasteiger partial charge in [-0.05, 0) is 24.7 Å². The number of aromatic nitrogens is 2. The molecule has 1 N–H and O–H groups in total. The first-order chi connectivity index (χ1) is 8.63. The Bertz CT molecular complexity index is 601. The molecule has 0 saturated heterocycles. The number of hydrogen-bond acceptors (Lipinski definition) is 3. The van der Waals surface area contributed by atoms with E-state index >= 15 is 0 Å². The van der Waals surface area contributed by atoms with Gasteiger partial charge in [0.05, 0.1) is 7.11 Å². The van der Waals surface area contributed by atoms with Crippen LogP contribution >= 0.6 is 12.2 Å². The van der Waals surface area contributed by atoms with Crippen LogP contribution in [0, 0.1) is 11.7 Å². The lowest BCUT2D eigenvalue weighted by molar-refractivity contribution is -0.143. The first-order valence-corrected chi connectivity index (χ1v) is 5.95. The third kappa shape index (κ3) is 2.36. The minimum Gasteiger partial charge on any atom is -0.467 e. The maximum atomic E-state index is 12.0. The number of nitrogens with zero attached hydrogens (tertiary/aromatic N) is 1. The average Bonchev–Trinajstić information content (AvgIpc) is 2.70. The molecular formula is C13H14N2O2S. The smallest absolute Gasteiger partial charge is 0.333 e. The zero-order chi connectivity index (χ0) is 13.1. The normalized spacial score (nSPS) is 12.1. The fourth-order valence-corrected chi connectivity index (χ4v) is 2.20. The minimum absolute atomic E-state index is 0.337. The van der Waals surface area contributed by atoms with Crippen molar-refractivity contribution in [2.75, 3.05) is 7.11 Å². The average molecular weight is 262 g/mol. The van der Waals surface area contributed by atoms with Crippen molar-refractivity contribution in [3.05, 3.63) is 52.6 Å². The number of imidazole rings is 1. The van der Waals surface area contributed by atoms with E-state index in [0.717, 1.165) is 11.3 Å². The van der Waals surface area contributed by atoms with Gasteiger partial charge in [-0.3, -0.25) is 0 Å². The highest BCUT2D eigenvalue weighted by Gasteiger charge is 2.23. The lowest BCUT2D eigenvalue weighted by atomic mass is 10.1. The quantitative estimate of drug-likeness (QED) is 0.683. The third-order valence-electron chi connectivity index (χ3n) is 2.69. The summed E-state index contributed by atoms with van der Waals surface area (Å²) in [5.74, 6) is -0.337. The zero-order valence-corrected chi connectivity index (χ0v) is 11.0. The lowest BCUT2D eigenvalue weighted by Gasteiger charge is -2.16. The summed E-state index contributed by atoms with van der Waals surface area (Å²) in [4.78, 5) is 15.0. The van der Waals surface area contributed by atoms with Gasteiger partial charge in [0, 0.05) is 11.9 Å². The number of esters is 1. The number of hydrogen-bond donors (Lipinski definition) is 1. The summed E-state index contributed by atoms with van der Waals surface area (Å²) in [7, 11) is 1.38. The van der Waals surface area contributed by atoms with Crippen LogP contribution in [0.3, 0.4) is 0 Å². The molecule has 0 aliphatic heterocycles. The molecule has 0 aliphatic carbocycles. The SMILES string of the molecule is COC(=O)C(c1ccccc1)n1cc(C)[nH]c1=S. The second kappa shape index (κ2) is 5.18. The van der Waals surface area contributed by atoms with E-state index in [1.165, 1.54) is 7.11 Å². The summed E-state index contributed by atoms with van der Waals surface area (Å²) in [6, 6.07) is 8.88. The molecule has 5 heteroatoms. The van der Waals surface area contributed by atoms with Crippen molar-refractivity contribution < 1.29 is 9.53 Å². The van der Waals surface area contributed by atoms with Gasteiger partial charge >= 0.3 is 5.97 Å². The summed E-state index contributed by atoms with van der Waals surface area (Å²) < 4.78 is 7.09. The number of aryl methyl sites for hydroxylation is 1. The summed E-state index contributed by atoms with van der Waals surface area (Å²) >= 11 is 5.22. The molecular weight excluding hydrogens is 248 g/mol. The van der Waals surface area contributed by atoms with Crippen LogP contribution < -0.4 is 0 Å². The molecule has 2 rings (SSSR count). The Labute approximate surface area is 110 Å². The Kier molecular flexibility index (Phi) is 3.62. The number of nitrogens with one attached hydrogen (secondary N) is 1. The second-order valence-corrected chi connectivity index (χ2v) is 4.37. The van der Waals surface area contributed by atoms with Crippen LogP contribution in [0.2, 0.25) is 0 Å². The molecule has 1 aromatic heterocycles. The predicted molar refractivity (Wildman–Crippen MR) is 71.0 cm³/mol. The molecule has 1 aromatic carbocycles. The number of aromatic amines is 1. The molecule has 1 atom stereocenters. The highest BCUT2D eigenvalue weighted by molar-refractivity contribution is 7.71. The van der Waals surface area contributed by atoms with Crippen molar-refractivity contribution in [3.63, 3.8) is 0 Å². The highest BCUT2D eigenvalue weighted by atomic mass is 32.1. The Morgan fingerprint density at radius 3 is 2.56 bits per heavy atom. The molecule has 0 saturated carbocycles. The van der Waals surface area contributed by atoms with E-state index < -0.39 is 6.04 Å². The van der Waals surface area contributed by atoms with Gasteiger partial charge in [0.2, 0.25) is 0 Å². The van der Waals surface area contributed by atoms with Crippen LogP contribution in [0.5, 0.6) is 0 Å². The van der Waals surface area contributed by atoms with E-state index in [0.29, 0.717) is 4.77 Å². The number of rotatable bonds is 3. The number of methoxy groups -OCH3 is 1. The van der Waals surface area contributed by atoms with Crippen molar-refractivity contribution in [2.45, 2.75) is 13.0 Å². The van der Waals surface area contributed by atoms with Crippen LogP contribution in [-0.2, 0) is 9.53 Å². The van der Waals surface area contributed by atoms with Crippen LogP contribution in [0.25, 0.3) is 0 Å². The van der Waals surface area contributed by atoms with Gasteiger partial charge in [-0.25, -0.2) is 4.79 Å². The van der Waals surface area contributed by atoms with Gasteiger partial charge in [-0.15, -0.1) is 0 Å². The predicted octanol–water partition coefficient (Wildman–Crippen LogP) is 2.62. The minimum atomic E-state index is -0.548. The standard InChI is InChI=1S/C13H14N2O2S/c1-9-8-15(13(18)14-9)11(12(16)17-2)10-6-4-3-5-7-10/h3-8,11H,1-2H3,(H,14,18). The third-order valence-corrected chi connectivity index (χ3v) is 3.00. The maximum Gasteiger partial charge on any atom is 0.333 e. The van der Waals surface area contributed by atoms with E-state index in [1.54, 1.807) is 4.57 Å². The Morgan fingerprint density at radius 1 is 1.39 bits per heavy atom. The summed E-state index contributed by atoms with van der Waals surface area (Å²) in [5, 5.41) is 0. The molecule has 4 nitrogen and oxygen atoms in total. The van der Waals surface area contributed by atoms with Crippen LogP contribution in [-0.4, -0.2) is 22.6 Å². The van der Waals surface area contributed by atoms with Crippen LogP contribution in [0.15, 0.2) is 36.5 Å². The van der Waals surface area contributed by atoms with Crippen molar-refractivity contribution in [1.29, 1.82) is 0 Å². The van der Waals surface area contributed by atoms with E-state index in [2.05, 4.69) is 4.98 Å². The van der Waals surface area contributed by atoms with Crippen molar-refractivity contribution in [2.24, 2.45) is 0 Å². The van der Waals surface area contributed by atoms with Gasteiger partial charge < -0.3 is 14.3 Å². The van der Waals surface area contributed by atoms with Gasteiger partial charge in [0.1, 0.15) is 0 Å². The number of carbonyl (C=O) groups excluding carboxylic acids is 1. The summed E-state index contributed by atoms with van der Waals surface area (Å²) in [5.41, 5.74) is 1.75. The van der Waals surface area contributed by atoms with Gasteiger partial charge in [0.15, 0.2) is 10.8 Å². The zero-order valence-electron chi connectivity index (χ0n) is 10.2. The molecule has 2 aromatic rings. The number of benzene rings is 1. The maximum absolute atomic E-state index is 12.0. The summed E-state index contributed by atoms with van der Waals surface area (Å²) in [6.45, 7) is 1.89. The number of ether oxygens (including phenoxy) is 1. The fraction of sp³-hybridized carbons (Fsp3) is 0.231. The Hall–Kier alpha value is -1.88. The number of carbonyl (C=O) groups is 1. The molecule has 0 spiro atoms. The van der Waals surface area contributed by atoms with Crippen molar-refractivity contribution in [3.8, 4) is 0 Å². The van der Waals surface area contributed by atoms with Crippen molar-refractivity contribution >= 4 is 18.2 Å². The molecule has 0 bridgehead atoms. The molecule has 0 radical (unpaired) electrons. The molecule has 1 unspecified atom stereocenters. The van der Waals surface area contributed by atoms with Crippen LogP contribution in [0.4, 0.5) is 0 Å². The Balaban J connectivity index is 2.54. The molecule has 0 amide bonds. The molecule has 1 heterocycles. The van der Waals surface area contributed by atoms with E-state index in [1.807, 2.05) is 43.5 Å². The fourth-order valence-electron chi connectivity index (χ4n) is 1.88. The molecule has 0 aliphatic rings.